The highest BCUT2D eigenvalue weighted by Crippen LogP contribution is 2.29. The number of furan rings is 1. The Labute approximate surface area is 202 Å². The van der Waals surface area contributed by atoms with Crippen molar-refractivity contribution in [1.82, 2.24) is 0 Å². The molecule has 0 amide bonds. The molecule has 0 radical (unpaired) electrons. The molecule has 0 saturated carbocycles. The van der Waals surface area contributed by atoms with Crippen LogP contribution in [0.5, 0.6) is 5.75 Å². The fraction of sp³-hybridized carbons (Fsp3) is 0.448. The highest BCUT2D eigenvalue weighted by Gasteiger charge is 2.22. The second kappa shape index (κ2) is 10.9. The van der Waals surface area contributed by atoms with Gasteiger partial charge in [-0.25, -0.2) is 4.79 Å². The first-order chi connectivity index (χ1) is 16.1. The van der Waals surface area contributed by atoms with E-state index in [4.69, 9.17) is 13.9 Å². The lowest BCUT2D eigenvalue weighted by Gasteiger charge is -2.19. The van der Waals surface area contributed by atoms with Crippen molar-refractivity contribution in [2.24, 2.45) is 5.41 Å². The monoisotopic (exact) mass is 464 g/mol. The Hall–Kier alpha value is -3.08. The van der Waals surface area contributed by atoms with Gasteiger partial charge in [-0.2, -0.15) is 0 Å². The number of methoxy groups -OCH3 is 1. The molecule has 3 aromatic rings. The lowest BCUT2D eigenvalue weighted by molar-refractivity contribution is -0.128. The molecule has 0 spiro atoms. The molecule has 1 unspecified atom stereocenters. The predicted molar refractivity (Wildman–Crippen MR) is 135 cm³/mol. The van der Waals surface area contributed by atoms with E-state index in [2.05, 4.69) is 26.0 Å². The van der Waals surface area contributed by atoms with E-state index in [9.17, 15) is 9.59 Å². The number of Topliss-reactive ketones (excluding diaryl/α,β-unsaturated/α-hetero) is 1. The summed E-state index contributed by atoms with van der Waals surface area (Å²) < 4.78 is 16.6. The van der Waals surface area contributed by atoms with Gasteiger partial charge < -0.3 is 13.9 Å². The zero-order valence-electron chi connectivity index (χ0n) is 21.2. The van der Waals surface area contributed by atoms with E-state index in [1.54, 1.807) is 6.07 Å². The van der Waals surface area contributed by atoms with Crippen LogP contribution in [0.2, 0.25) is 0 Å². The summed E-state index contributed by atoms with van der Waals surface area (Å²) in [6.45, 7) is 10.2. The summed E-state index contributed by atoms with van der Waals surface area (Å²) in [5, 5.41) is 0.916. The number of aryl methyl sites for hydroxylation is 2. The number of esters is 1. The third-order valence-corrected chi connectivity index (χ3v) is 6.28. The number of carbonyl (C=O) groups is 2. The van der Waals surface area contributed by atoms with Gasteiger partial charge in [-0.15, -0.1) is 0 Å². The lowest BCUT2D eigenvalue weighted by atomic mass is 9.91. The first kappa shape index (κ1) is 25.5. The molecule has 3 rings (SSSR count). The number of fused-ring (bicyclic) bond motifs is 1. The molecular formula is C29H36O5. The van der Waals surface area contributed by atoms with Crippen LogP contribution in [0, 0.1) is 5.41 Å². The van der Waals surface area contributed by atoms with Gasteiger partial charge in [0, 0.05) is 17.2 Å². The fourth-order valence-electron chi connectivity index (χ4n) is 3.90. The van der Waals surface area contributed by atoms with E-state index in [-0.39, 0.29) is 18.4 Å². The van der Waals surface area contributed by atoms with Crippen LogP contribution in [0.4, 0.5) is 0 Å². The lowest BCUT2D eigenvalue weighted by Crippen LogP contribution is -2.26. The van der Waals surface area contributed by atoms with E-state index in [0.717, 1.165) is 53.7 Å². The van der Waals surface area contributed by atoms with Gasteiger partial charge in [0.15, 0.2) is 5.78 Å². The topological polar surface area (TPSA) is 65.7 Å². The van der Waals surface area contributed by atoms with Crippen LogP contribution in [0.15, 0.2) is 46.9 Å². The third-order valence-electron chi connectivity index (χ3n) is 6.28. The average molecular weight is 465 g/mol. The Bertz CT molecular complexity index is 1150. The van der Waals surface area contributed by atoms with Crippen molar-refractivity contribution in [1.29, 1.82) is 0 Å². The largest absolute Gasteiger partial charge is 0.486 e. The van der Waals surface area contributed by atoms with Crippen molar-refractivity contribution in [3.8, 4) is 5.75 Å². The van der Waals surface area contributed by atoms with Gasteiger partial charge >= 0.3 is 5.97 Å². The van der Waals surface area contributed by atoms with Crippen molar-refractivity contribution in [2.75, 3.05) is 13.7 Å². The predicted octanol–water partition coefficient (Wildman–Crippen LogP) is 6.90. The van der Waals surface area contributed by atoms with Crippen molar-refractivity contribution in [3.05, 3.63) is 64.9 Å². The Balaban J connectivity index is 1.58. The summed E-state index contributed by atoms with van der Waals surface area (Å²) in [4.78, 5) is 24.0. The second-order valence-electron chi connectivity index (χ2n) is 9.93. The van der Waals surface area contributed by atoms with Gasteiger partial charge in [-0.3, -0.25) is 4.79 Å². The van der Waals surface area contributed by atoms with E-state index >= 15 is 0 Å². The van der Waals surface area contributed by atoms with Gasteiger partial charge in [0.1, 0.15) is 23.7 Å². The summed E-state index contributed by atoms with van der Waals surface area (Å²) in [5.74, 6) is 1.86. The number of hydrogen-bond acceptors (Lipinski definition) is 5. The summed E-state index contributed by atoms with van der Waals surface area (Å²) in [6, 6.07) is 13.7. The van der Waals surface area contributed by atoms with Crippen molar-refractivity contribution < 1.29 is 23.5 Å². The van der Waals surface area contributed by atoms with Crippen LogP contribution in [-0.2, 0) is 22.4 Å². The summed E-state index contributed by atoms with van der Waals surface area (Å²) in [5.41, 5.74) is 3.31. The molecule has 34 heavy (non-hydrogen) atoms. The molecule has 0 bridgehead atoms. The maximum absolute atomic E-state index is 12.2. The van der Waals surface area contributed by atoms with Crippen molar-refractivity contribution in [2.45, 2.75) is 66.2 Å². The molecule has 2 aromatic carbocycles. The fourth-order valence-corrected chi connectivity index (χ4v) is 3.90. The summed E-state index contributed by atoms with van der Waals surface area (Å²) >= 11 is 0. The molecule has 1 atom stereocenters. The van der Waals surface area contributed by atoms with Gasteiger partial charge in [0.25, 0.3) is 0 Å². The maximum atomic E-state index is 12.2. The average Bonchev–Trinajstić information content (AvgIpc) is 3.23. The number of hydrogen-bond donors (Lipinski definition) is 0. The molecule has 1 aromatic heterocycles. The Morgan fingerprint density at radius 2 is 1.82 bits per heavy atom. The minimum absolute atomic E-state index is 0.0964. The molecule has 0 aliphatic rings. The van der Waals surface area contributed by atoms with E-state index in [0.29, 0.717) is 11.5 Å². The SMILES string of the molecule is CCc1cc(C(C)CCCc2cc3cc(C(=O)OC)ccc3o2)ccc1OCC(=O)C(C)(C)C. The number of rotatable bonds is 10. The van der Waals surface area contributed by atoms with Gasteiger partial charge in [-0.1, -0.05) is 46.8 Å². The van der Waals surface area contributed by atoms with Crippen LogP contribution in [0.1, 0.15) is 80.6 Å². The van der Waals surface area contributed by atoms with Crippen LogP contribution in [0.25, 0.3) is 11.0 Å². The first-order valence-electron chi connectivity index (χ1n) is 12.0. The van der Waals surface area contributed by atoms with Crippen molar-refractivity contribution in [3.63, 3.8) is 0 Å². The van der Waals surface area contributed by atoms with E-state index < -0.39 is 5.41 Å². The molecule has 5 heteroatoms. The Kier molecular flexibility index (Phi) is 8.19. The number of ether oxygens (including phenoxy) is 2. The molecule has 0 saturated heterocycles. The summed E-state index contributed by atoms with van der Waals surface area (Å²) in [6.07, 6.45) is 3.70. The van der Waals surface area contributed by atoms with E-state index in [1.807, 2.05) is 45.0 Å². The highest BCUT2D eigenvalue weighted by molar-refractivity contribution is 5.94. The van der Waals surface area contributed by atoms with Gasteiger partial charge in [-0.05, 0) is 66.6 Å². The van der Waals surface area contributed by atoms with Crippen LogP contribution < -0.4 is 4.74 Å². The molecule has 0 fully saturated rings. The smallest absolute Gasteiger partial charge is 0.337 e. The Morgan fingerprint density at radius 3 is 2.50 bits per heavy atom. The second-order valence-corrected chi connectivity index (χ2v) is 9.93. The normalized spacial score (nSPS) is 12.5. The Morgan fingerprint density at radius 1 is 1.06 bits per heavy atom. The summed E-state index contributed by atoms with van der Waals surface area (Å²) in [7, 11) is 1.38. The van der Waals surface area contributed by atoms with E-state index in [1.165, 1.54) is 12.7 Å². The number of carbonyl (C=O) groups excluding carboxylic acids is 2. The molecule has 5 nitrogen and oxygen atoms in total. The van der Waals surface area contributed by atoms with Gasteiger partial charge in [0.05, 0.1) is 12.7 Å². The number of benzene rings is 2. The van der Waals surface area contributed by atoms with Gasteiger partial charge in [0.2, 0.25) is 0 Å². The molecule has 182 valence electrons. The maximum Gasteiger partial charge on any atom is 0.337 e. The standard InChI is InChI=1S/C29H36O5/c1-7-20-15-21(11-13-25(20)33-18-27(30)29(3,4)5)19(2)9-8-10-24-17-23-16-22(28(31)32-6)12-14-26(23)34-24/h11-17,19H,7-10,18H2,1-6H3. The first-order valence-corrected chi connectivity index (χ1v) is 12.0. The van der Waals surface area contributed by atoms with Crippen molar-refractivity contribution >= 4 is 22.7 Å². The highest BCUT2D eigenvalue weighted by atomic mass is 16.5. The van der Waals surface area contributed by atoms with Crippen LogP contribution in [-0.4, -0.2) is 25.5 Å². The van der Waals surface area contributed by atoms with Crippen LogP contribution >= 0.6 is 0 Å². The third kappa shape index (κ3) is 6.28. The minimum atomic E-state index is -0.399. The number of ketones is 1. The zero-order valence-corrected chi connectivity index (χ0v) is 21.2. The van der Waals surface area contributed by atoms with Crippen LogP contribution in [0.3, 0.4) is 0 Å². The molecule has 0 aliphatic heterocycles. The minimum Gasteiger partial charge on any atom is -0.486 e. The zero-order chi connectivity index (χ0) is 24.9. The quantitative estimate of drug-likeness (QED) is 0.305. The molecule has 0 aliphatic carbocycles. The molecule has 1 heterocycles. The molecular weight excluding hydrogens is 428 g/mol. The molecule has 0 N–H and O–H groups in total.